The fourth-order valence-corrected chi connectivity index (χ4v) is 4.40. The van der Waals surface area contributed by atoms with Crippen molar-refractivity contribution in [2.24, 2.45) is 0 Å². The molecule has 9 heteroatoms. The summed E-state index contributed by atoms with van der Waals surface area (Å²) >= 11 is 3.20. The van der Waals surface area contributed by atoms with Crippen LogP contribution >= 0.6 is 35.0 Å². The van der Waals surface area contributed by atoms with Gasteiger partial charge in [0, 0.05) is 24.1 Å². The first-order chi connectivity index (χ1) is 11.0. The van der Waals surface area contributed by atoms with Gasteiger partial charge in [-0.25, -0.2) is 0 Å². The van der Waals surface area contributed by atoms with Crippen LogP contribution in [0.3, 0.4) is 0 Å². The lowest BCUT2D eigenvalue weighted by molar-refractivity contribution is -0.131. The van der Waals surface area contributed by atoms with Gasteiger partial charge in [0.1, 0.15) is 6.54 Å². The van der Waals surface area contributed by atoms with Crippen molar-refractivity contribution in [1.82, 2.24) is 9.62 Å². The molecule has 1 aromatic rings. The van der Waals surface area contributed by atoms with Crippen LogP contribution in [0.15, 0.2) is 17.5 Å². The average Bonchev–Trinajstić information content (AvgIpc) is 3.18. The Balaban J connectivity index is 1.95. The number of hydrogen-bond donors (Lipinski definition) is 1. The molecule has 1 aromatic heterocycles. The van der Waals surface area contributed by atoms with Crippen LogP contribution in [0.5, 0.6) is 0 Å². The van der Waals surface area contributed by atoms with Gasteiger partial charge in [0.25, 0.3) is 0 Å². The molecule has 0 saturated carbocycles. The van der Waals surface area contributed by atoms with Gasteiger partial charge in [-0.15, -0.1) is 11.3 Å². The first kappa shape index (κ1) is 18.0. The Hall–Kier alpha value is -1.32. The zero-order chi connectivity index (χ0) is 16.8. The molecule has 0 bridgehead atoms. The van der Waals surface area contributed by atoms with E-state index in [1.807, 2.05) is 0 Å². The molecule has 2 rings (SSSR count). The monoisotopic (exact) mass is 372 g/mol. The van der Waals surface area contributed by atoms with E-state index in [0.717, 1.165) is 16.3 Å². The standard InChI is InChI=1S/C14H16N2O4S3/c1-2-12(18)16(23-14(20)10-4-3-6-21-10)8-11(17)15-9-5-7-22-13(9)19/h3-4,6,9H,2,5,7-8H2,1H3,(H,15,17). The van der Waals surface area contributed by atoms with Crippen LogP contribution in [0.4, 0.5) is 0 Å². The van der Waals surface area contributed by atoms with E-state index in [-0.39, 0.29) is 29.1 Å². The van der Waals surface area contributed by atoms with Crippen molar-refractivity contribution >= 4 is 57.1 Å². The Morgan fingerprint density at radius 3 is 2.78 bits per heavy atom. The molecule has 124 valence electrons. The van der Waals surface area contributed by atoms with Crippen molar-refractivity contribution in [2.45, 2.75) is 25.8 Å². The van der Waals surface area contributed by atoms with Gasteiger partial charge in [-0.1, -0.05) is 24.8 Å². The molecule has 0 radical (unpaired) electrons. The third-order valence-electron chi connectivity index (χ3n) is 3.05. The number of nitrogens with zero attached hydrogens (tertiary/aromatic N) is 1. The Kier molecular flexibility index (Phi) is 6.67. The maximum absolute atomic E-state index is 12.1. The highest BCUT2D eigenvalue weighted by molar-refractivity contribution is 8.14. The number of carbonyl (C=O) groups is 4. The molecule has 1 unspecified atom stereocenters. The lowest BCUT2D eigenvalue weighted by atomic mass is 10.2. The summed E-state index contributed by atoms with van der Waals surface area (Å²) in [6, 6.07) is 2.92. The van der Waals surface area contributed by atoms with Crippen LogP contribution < -0.4 is 5.32 Å². The van der Waals surface area contributed by atoms with Gasteiger partial charge < -0.3 is 5.32 Å². The second-order valence-corrected chi connectivity index (χ2v) is 7.76. The summed E-state index contributed by atoms with van der Waals surface area (Å²) in [5.74, 6) is -0.0474. The number of nitrogens with one attached hydrogen (secondary N) is 1. The summed E-state index contributed by atoms with van der Waals surface area (Å²) in [6.07, 6.45) is 0.786. The zero-order valence-corrected chi connectivity index (χ0v) is 14.9. The average molecular weight is 372 g/mol. The molecule has 1 saturated heterocycles. The highest BCUT2D eigenvalue weighted by atomic mass is 32.2. The third-order valence-corrected chi connectivity index (χ3v) is 6.00. The lowest BCUT2D eigenvalue weighted by Gasteiger charge is -2.20. The Bertz CT molecular complexity index is 603. The summed E-state index contributed by atoms with van der Waals surface area (Å²) in [5.41, 5.74) is 0. The van der Waals surface area contributed by atoms with Crippen LogP contribution in [-0.4, -0.2) is 44.7 Å². The number of amides is 2. The van der Waals surface area contributed by atoms with Gasteiger partial charge in [0.2, 0.25) is 22.0 Å². The minimum atomic E-state index is -0.496. The largest absolute Gasteiger partial charge is 0.344 e. The van der Waals surface area contributed by atoms with Crippen LogP contribution in [0.1, 0.15) is 29.4 Å². The molecule has 0 spiro atoms. The van der Waals surface area contributed by atoms with Crippen LogP contribution in [0, 0.1) is 0 Å². The highest BCUT2D eigenvalue weighted by Gasteiger charge is 2.28. The van der Waals surface area contributed by atoms with Crippen molar-refractivity contribution in [2.75, 3.05) is 12.3 Å². The van der Waals surface area contributed by atoms with Crippen LogP contribution in [0.25, 0.3) is 0 Å². The van der Waals surface area contributed by atoms with E-state index in [2.05, 4.69) is 5.32 Å². The van der Waals surface area contributed by atoms with Crippen molar-refractivity contribution in [3.63, 3.8) is 0 Å². The fourth-order valence-electron chi connectivity index (χ4n) is 1.88. The van der Waals surface area contributed by atoms with Crippen molar-refractivity contribution < 1.29 is 19.2 Å². The number of hydrogen-bond acceptors (Lipinski definition) is 7. The molecule has 0 aliphatic carbocycles. The summed E-state index contributed by atoms with van der Waals surface area (Å²) < 4.78 is 1.16. The molecule has 1 aliphatic heterocycles. The van der Waals surface area contributed by atoms with E-state index in [9.17, 15) is 19.2 Å². The molecular weight excluding hydrogens is 356 g/mol. The molecular formula is C14H16N2O4S3. The molecule has 6 nitrogen and oxygen atoms in total. The maximum atomic E-state index is 12.1. The molecule has 1 N–H and O–H groups in total. The molecule has 2 amide bonds. The van der Waals surface area contributed by atoms with Crippen molar-refractivity contribution in [1.29, 1.82) is 0 Å². The Morgan fingerprint density at radius 1 is 1.43 bits per heavy atom. The number of thiophene rings is 1. The van der Waals surface area contributed by atoms with E-state index >= 15 is 0 Å². The van der Waals surface area contributed by atoms with Crippen LogP contribution in [0.2, 0.25) is 0 Å². The van der Waals surface area contributed by atoms with E-state index in [4.69, 9.17) is 0 Å². The number of carbonyl (C=O) groups excluding carboxylic acids is 4. The van der Waals surface area contributed by atoms with E-state index < -0.39 is 11.9 Å². The minimum Gasteiger partial charge on any atom is -0.344 e. The molecule has 2 heterocycles. The maximum Gasteiger partial charge on any atom is 0.249 e. The second-order valence-electron chi connectivity index (χ2n) is 4.72. The smallest absolute Gasteiger partial charge is 0.249 e. The summed E-state index contributed by atoms with van der Waals surface area (Å²) in [7, 11) is 0. The predicted octanol–water partition coefficient (Wildman–Crippen LogP) is 1.92. The lowest BCUT2D eigenvalue weighted by Crippen LogP contribution is -2.43. The van der Waals surface area contributed by atoms with E-state index in [1.54, 1.807) is 24.4 Å². The second kappa shape index (κ2) is 8.51. The van der Waals surface area contributed by atoms with Crippen molar-refractivity contribution in [3.05, 3.63) is 22.4 Å². The number of rotatable bonds is 5. The quantitative estimate of drug-likeness (QED) is 0.795. The van der Waals surface area contributed by atoms with Gasteiger partial charge >= 0.3 is 0 Å². The first-order valence-corrected chi connectivity index (χ1v) is 9.67. The fraction of sp³-hybridized carbons (Fsp3) is 0.429. The zero-order valence-electron chi connectivity index (χ0n) is 12.4. The SMILES string of the molecule is CCC(=O)N(CC(=O)NC1CCSC1=O)SC(=O)c1cccs1. The molecule has 1 aliphatic rings. The highest BCUT2D eigenvalue weighted by Crippen LogP contribution is 2.22. The Labute approximate surface area is 146 Å². The molecule has 23 heavy (non-hydrogen) atoms. The normalized spacial score (nSPS) is 17.1. The molecule has 1 atom stereocenters. The topological polar surface area (TPSA) is 83.6 Å². The predicted molar refractivity (Wildman–Crippen MR) is 92.3 cm³/mol. The number of thioether (sulfide) groups is 1. The molecule has 0 aromatic carbocycles. The van der Waals surface area contributed by atoms with Crippen LogP contribution in [-0.2, 0) is 14.4 Å². The summed E-state index contributed by atoms with van der Waals surface area (Å²) in [5, 5.41) is 4.06. The van der Waals surface area contributed by atoms with E-state index in [1.165, 1.54) is 23.1 Å². The van der Waals surface area contributed by atoms with E-state index in [0.29, 0.717) is 17.1 Å². The van der Waals surface area contributed by atoms with Gasteiger partial charge in [0.05, 0.1) is 10.9 Å². The first-order valence-electron chi connectivity index (χ1n) is 7.03. The van der Waals surface area contributed by atoms with Gasteiger partial charge in [-0.2, -0.15) is 0 Å². The van der Waals surface area contributed by atoms with Crippen molar-refractivity contribution in [3.8, 4) is 0 Å². The van der Waals surface area contributed by atoms with Gasteiger partial charge in [-0.05, 0) is 17.9 Å². The third kappa shape index (κ3) is 5.08. The van der Waals surface area contributed by atoms with Gasteiger partial charge in [-0.3, -0.25) is 23.5 Å². The molecule has 1 fully saturated rings. The van der Waals surface area contributed by atoms with Gasteiger partial charge in [0.15, 0.2) is 0 Å². The summed E-state index contributed by atoms with van der Waals surface area (Å²) in [4.78, 5) is 48.2. The summed E-state index contributed by atoms with van der Waals surface area (Å²) in [6.45, 7) is 1.42. The minimum absolute atomic E-state index is 0.0611. The Morgan fingerprint density at radius 2 is 2.22 bits per heavy atom.